The van der Waals surface area contributed by atoms with E-state index in [1.54, 1.807) is 22.7 Å². The van der Waals surface area contributed by atoms with E-state index in [4.69, 9.17) is 0 Å². The fourth-order valence-electron chi connectivity index (χ4n) is 14.9. The Morgan fingerprint density at radius 3 is 1.03 bits per heavy atom. The van der Waals surface area contributed by atoms with Crippen LogP contribution in [0.15, 0.2) is 267 Å². The van der Waals surface area contributed by atoms with Crippen molar-refractivity contribution < 1.29 is 0 Å². The Morgan fingerprint density at radius 1 is 0.250 bits per heavy atom. The molecule has 0 radical (unpaired) electrons. The Labute approximate surface area is 510 Å². The number of hydrogen-bond donors (Lipinski definition) is 0. The molecule has 0 spiro atoms. The maximum Gasteiger partial charge on any atom is 0.102 e. The van der Waals surface area contributed by atoms with Gasteiger partial charge in [-0.15, -0.1) is 22.7 Å². The fourth-order valence-corrected chi connectivity index (χ4v) is 17.2. The van der Waals surface area contributed by atoms with E-state index >= 15 is 0 Å². The molecule has 0 saturated heterocycles. The van der Waals surface area contributed by atoms with E-state index in [-0.39, 0.29) is 0 Å². The van der Waals surface area contributed by atoms with Crippen LogP contribution >= 0.6 is 22.7 Å². The summed E-state index contributed by atoms with van der Waals surface area (Å²) in [5.74, 6) is 0. The lowest BCUT2D eigenvalue weighted by molar-refractivity contribution is 1.12. The highest BCUT2D eigenvalue weighted by Gasteiger charge is 2.35. The molecule has 0 bridgehead atoms. The van der Waals surface area contributed by atoms with Crippen molar-refractivity contribution >= 4 is 150 Å². The molecule has 0 atom stereocenters. The molecule has 88 heavy (non-hydrogen) atoms. The molecule has 0 aliphatic heterocycles. The van der Waals surface area contributed by atoms with Crippen molar-refractivity contribution in [3.63, 3.8) is 0 Å². The molecule has 0 unspecified atom stereocenters. The average Bonchev–Trinajstić information content (AvgIpc) is 1.49. The van der Waals surface area contributed by atoms with Crippen molar-refractivity contribution in [1.82, 2.24) is 18.3 Å². The number of para-hydroxylation sites is 6. The van der Waals surface area contributed by atoms with Crippen LogP contribution in [0.4, 0.5) is 0 Å². The molecule has 0 amide bonds. The summed E-state index contributed by atoms with van der Waals surface area (Å²) in [5, 5.41) is 39.0. The van der Waals surface area contributed by atoms with Crippen molar-refractivity contribution in [1.29, 1.82) is 10.5 Å². The lowest BCUT2D eigenvalue weighted by Gasteiger charge is -2.26. The molecule has 6 nitrogen and oxygen atoms in total. The molecular weight excluding hydrogens is 1110 g/mol. The van der Waals surface area contributed by atoms with Crippen molar-refractivity contribution in [2.45, 2.75) is 0 Å². The molecule has 0 aliphatic carbocycles. The molecule has 6 aromatic heterocycles. The van der Waals surface area contributed by atoms with Gasteiger partial charge in [-0.05, 0) is 108 Å². The number of nitrogens with zero attached hydrogens (tertiary/aromatic N) is 6. The molecule has 13 aromatic carbocycles. The van der Waals surface area contributed by atoms with Gasteiger partial charge in [-0.25, -0.2) is 0 Å². The molecule has 0 saturated carbocycles. The topological polar surface area (TPSA) is 67.3 Å². The van der Waals surface area contributed by atoms with E-state index in [9.17, 15) is 10.5 Å². The van der Waals surface area contributed by atoms with Gasteiger partial charge in [0.05, 0.1) is 66.6 Å². The monoisotopic (exact) mass is 1150 g/mol. The summed E-state index contributed by atoms with van der Waals surface area (Å²) >= 11 is 3.58. The highest BCUT2D eigenvalue weighted by molar-refractivity contribution is 7.26. The minimum Gasteiger partial charge on any atom is -0.309 e. The first-order valence-electron chi connectivity index (χ1n) is 29.5. The van der Waals surface area contributed by atoms with Crippen LogP contribution in [0.25, 0.3) is 173 Å². The quantitative estimate of drug-likeness (QED) is 0.166. The summed E-state index contributed by atoms with van der Waals surface area (Å²) in [6, 6.07) is 101. The zero-order valence-corrected chi connectivity index (χ0v) is 48.5. The van der Waals surface area contributed by atoms with Crippen LogP contribution in [-0.2, 0) is 0 Å². The molecule has 0 N–H and O–H groups in total. The van der Waals surface area contributed by atoms with Gasteiger partial charge >= 0.3 is 0 Å². The van der Waals surface area contributed by atoms with E-state index in [1.807, 2.05) is 6.07 Å². The van der Waals surface area contributed by atoms with Crippen LogP contribution < -0.4 is 0 Å². The van der Waals surface area contributed by atoms with Gasteiger partial charge in [0.2, 0.25) is 0 Å². The number of fused-ring (bicyclic) bond motifs is 18. The van der Waals surface area contributed by atoms with Gasteiger partial charge < -0.3 is 18.3 Å². The zero-order valence-electron chi connectivity index (χ0n) is 46.9. The summed E-state index contributed by atoms with van der Waals surface area (Å²) in [6.07, 6.45) is 0. The third-order valence-corrected chi connectivity index (χ3v) is 20.7. The SMILES string of the molecule is N#Cc1c(-c2cccc3c2c2ccccc2n3-c2ccccc2)c(C#N)c(-n2c3ccccc3c3cc4c(cc32)sc2ccccc24)c(-c2cccc3c2c2ccccc2n3-c2ccccc2)c1-n1c2ccccc2c2cc3c(cc21)sc1ccccc13. The number of thiophene rings is 2. The molecular formula is C80H44N6S2. The van der Waals surface area contributed by atoms with Crippen LogP contribution in [0.3, 0.4) is 0 Å². The van der Waals surface area contributed by atoms with Crippen LogP contribution in [0.2, 0.25) is 0 Å². The fraction of sp³-hybridized carbons (Fsp3) is 0. The molecule has 19 aromatic rings. The van der Waals surface area contributed by atoms with Gasteiger partial charge in [-0.3, -0.25) is 0 Å². The lowest BCUT2D eigenvalue weighted by atomic mass is 9.84. The second-order valence-electron chi connectivity index (χ2n) is 22.8. The Kier molecular flexibility index (Phi) is 10.3. The summed E-state index contributed by atoms with van der Waals surface area (Å²) < 4.78 is 14.2. The summed E-state index contributed by atoms with van der Waals surface area (Å²) in [4.78, 5) is 0. The van der Waals surface area contributed by atoms with Crippen molar-refractivity contribution in [3.05, 3.63) is 278 Å². The largest absolute Gasteiger partial charge is 0.309 e. The highest BCUT2D eigenvalue weighted by atomic mass is 32.1. The van der Waals surface area contributed by atoms with E-state index in [0.29, 0.717) is 28.1 Å². The van der Waals surface area contributed by atoms with Gasteiger partial charge in [-0.1, -0.05) is 170 Å². The Morgan fingerprint density at radius 2 is 0.602 bits per heavy atom. The third kappa shape index (κ3) is 6.62. The van der Waals surface area contributed by atoms with Crippen LogP contribution in [0.5, 0.6) is 0 Å². The number of aromatic nitrogens is 4. The van der Waals surface area contributed by atoms with Crippen LogP contribution in [0.1, 0.15) is 11.1 Å². The molecule has 8 heteroatoms. The van der Waals surface area contributed by atoms with E-state index in [2.05, 4.69) is 291 Å². The first kappa shape index (κ1) is 48.8. The van der Waals surface area contributed by atoms with Gasteiger partial charge in [0.15, 0.2) is 0 Å². The van der Waals surface area contributed by atoms with Crippen LogP contribution in [0, 0.1) is 22.7 Å². The molecule has 0 aliphatic rings. The Bertz CT molecular complexity index is 6100. The first-order valence-corrected chi connectivity index (χ1v) is 31.2. The number of rotatable bonds is 6. The number of benzene rings is 13. The second kappa shape index (κ2) is 18.5. The standard InChI is InChI=1S/C80H44N6S2/c81-45-61-75(55-31-19-37-67-76(55)53-29-9-15-35-65(53)83(67)47-21-3-1-4-22-47)62(46-82)80(86-64-34-14-8-26-50(64)58-42-60-52-28-12-18-40-72(52)88-74(60)44-70(58)86)78(56-32-20-38-68-77(56)54-30-10-16-36-66(54)84(68)48-23-5-2-6-24-48)79(61)85-63-33-13-7-25-49(63)57-41-59-51-27-11-17-39-71(51)87-73(59)43-69(57)85/h1-44H. The predicted molar refractivity (Wildman–Crippen MR) is 370 cm³/mol. The molecule has 6 heterocycles. The Balaban J connectivity index is 1.10. The van der Waals surface area contributed by atoms with E-state index in [1.165, 1.54) is 30.9 Å². The van der Waals surface area contributed by atoms with Crippen LogP contribution in [-0.4, -0.2) is 18.3 Å². The maximum absolute atomic E-state index is 12.9. The average molecular weight is 1150 g/mol. The van der Waals surface area contributed by atoms with Gasteiger partial charge in [-0.2, -0.15) is 10.5 Å². The lowest BCUT2D eigenvalue weighted by Crippen LogP contribution is -2.11. The minimum absolute atomic E-state index is 0.398. The molecule has 19 rings (SSSR count). The molecule has 406 valence electrons. The van der Waals surface area contributed by atoms with E-state index in [0.717, 1.165) is 125 Å². The van der Waals surface area contributed by atoms with Gasteiger partial charge in [0, 0.05) is 106 Å². The normalized spacial score (nSPS) is 12.1. The minimum atomic E-state index is 0.398. The third-order valence-electron chi connectivity index (χ3n) is 18.4. The smallest absolute Gasteiger partial charge is 0.102 e. The van der Waals surface area contributed by atoms with Crippen molar-refractivity contribution in [2.24, 2.45) is 0 Å². The molecule has 0 fully saturated rings. The van der Waals surface area contributed by atoms with Crippen molar-refractivity contribution in [2.75, 3.05) is 0 Å². The summed E-state index contributed by atoms with van der Waals surface area (Å²) in [6.45, 7) is 0. The zero-order chi connectivity index (χ0) is 57.9. The van der Waals surface area contributed by atoms with E-state index < -0.39 is 0 Å². The predicted octanol–water partition coefficient (Wildman–Crippen LogP) is 21.9. The second-order valence-corrected chi connectivity index (χ2v) is 25.0. The van der Waals surface area contributed by atoms with Gasteiger partial charge in [0.25, 0.3) is 0 Å². The summed E-state index contributed by atoms with van der Waals surface area (Å²) in [5.41, 5.74) is 15.1. The summed E-state index contributed by atoms with van der Waals surface area (Å²) in [7, 11) is 0. The Hall–Kier alpha value is -11.5. The van der Waals surface area contributed by atoms with Crippen molar-refractivity contribution in [3.8, 4) is 57.1 Å². The number of hydrogen-bond acceptors (Lipinski definition) is 4. The highest BCUT2D eigenvalue weighted by Crippen LogP contribution is 2.54. The number of nitriles is 2. The first-order chi connectivity index (χ1) is 43.6. The van der Waals surface area contributed by atoms with Gasteiger partial charge in [0.1, 0.15) is 12.1 Å². The maximum atomic E-state index is 12.9.